The average Bonchev–Trinajstić information content (AvgIpc) is 3.04. The first-order chi connectivity index (χ1) is 10.3. The SMILES string of the molecule is N#Cc1cccc(NCC2(N3CCCCC3)CCCC2)n1. The number of nitrogens with one attached hydrogen (secondary N) is 1. The van der Waals surface area contributed by atoms with Gasteiger partial charge in [-0.15, -0.1) is 0 Å². The van der Waals surface area contributed by atoms with E-state index in [9.17, 15) is 0 Å². The van der Waals surface area contributed by atoms with Crippen LogP contribution >= 0.6 is 0 Å². The van der Waals surface area contributed by atoms with Crippen molar-refractivity contribution >= 4 is 5.82 Å². The van der Waals surface area contributed by atoms with Crippen LogP contribution in [0.1, 0.15) is 50.6 Å². The second-order valence-corrected chi connectivity index (χ2v) is 6.35. The van der Waals surface area contributed by atoms with Crippen molar-refractivity contribution in [3.63, 3.8) is 0 Å². The van der Waals surface area contributed by atoms with Crippen molar-refractivity contribution in [2.75, 3.05) is 25.0 Å². The van der Waals surface area contributed by atoms with E-state index < -0.39 is 0 Å². The number of nitrogens with zero attached hydrogens (tertiary/aromatic N) is 3. The average molecular weight is 284 g/mol. The lowest BCUT2D eigenvalue weighted by atomic mass is 9.92. The highest BCUT2D eigenvalue weighted by atomic mass is 15.2. The Morgan fingerprint density at radius 2 is 1.90 bits per heavy atom. The molecule has 112 valence electrons. The van der Waals surface area contributed by atoms with Crippen LogP contribution in [-0.4, -0.2) is 35.1 Å². The first-order valence-corrected chi connectivity index (χ1v) is 8.19. The Bertz CT molecular complexity index is 508. The maximum Gasteiger partial charge on any atom is 0.142 e. The molecule has 0 amide bonds. The smallest absolute Gasteiger partial charge is 0.142 e. The van der Waals surface area contributed by atoms with E-state index in [2.05, 4.69) is 21.3 Å². The Morgan fingerprint density at radius 3 is 2.62 bits per heavy atom. The van der Waals surface area contributed by atoms with Gasteiger partial charge in [0.15, 0.2) is 0 Å². The van der Waals surface area contributed by atoms with Gasteiger partial charge in [0.1, 0.15) is 17.6 Å². The summed E-state index contributed by atoms with van der Waals surface area (Å²) in [6, 6.07) is 7.71. The molecule has 21 heavy (non-hydrogen) atoms. The van der Waals surface area contributed by atoms with E-state index in [0.717, 1.165) is 12.4 Å². The molecule has 4 heteroatoms. The summed E-state index contributed by atoms with van der Waals surface area (Å²) in [6.45, 7) is 3.44. The quantitative estimate of drug-likeness (QED) is 0.922. The zero-order chi connectivity index (χ0) is 14.5. The summed E-state index contributed by atoms with van der Waals surface area (Å²) in [4.78, 5) is 7.05. The molecule has 3 rings (SSSR count). The molecule has 1 aliphatic heterocycles. The van der Waals surface area contributed by atoms with Gasteiger partial charge >= 0.3 is 0 Å². The summed E-state index contributed by atoms with van der Waals surface area (Å²) < 4.78 is 0. The molecule has 0 unspecified atom stereocenters. The Kier molecular flexibility index (Phi) is 4.40. The van der Waals surface area contributed by atoms with E-state index in [4.69, 9.17) is 5.26 Å². The minimum Gasteiger partial charge on any atom is -0.368 e. The number of piperidine rings is 1. The summed E-state index contributed by atoms with van der Waals surface area (Å²) in [5.74, 6) is 0.831. The van der Waals surface area contributed by atoms with Gasteiger partial charge < -0.3 is 5.32 Å². The van der Waals surface area contributed by atoms with E-state index in [-0.39, 0.29) is 0 Å². The Labute approximate surface area is 127 Å². The van der Waals surface area contributed by atoms with Gasteiger partial charge in [0.05, 0.1) is 0 Å². The summed E-state index contributed by atoms with van der Waals surface area (Å²) in [7, 11) is 0. The molecular weight excluding hydrogens is 260 g/mol. The van der Waals surface area contributed by atoms with Crippen LogP contribution in [0, 0.1) is 11.3 Å². The molecule has 1 aromatic rings. The minimum atomic E-state index is 0.310. The maximum absolute atomic E-state index is 8.95. The number of hydrogen-bond donors (Lipinski definition) is 1. The van der Waals surface area contributed by atoms with Gasteiger partial charge in [-0.05, 0) is 50.9 Å². The standard InChI is InChI=1S/C17H24N4/c18-13-15-7-6-8-16(20-15)19-14-17(9-2-3-10-17)21-11-4-1-5-12-21/h6-8H,1-5,9-12,14H2,(H,19,20). The highest BCUT2D eigenvalue weighted by molar-refractivity contribution is 5.39. The summed E-state index contributed by atoms with van der Waals surface area (Å²) in [6.07, 6.45) is 9.31. The molecule has 4 nitrogen and oxygen atoms in total. The molecule has 2 aliphatic rings. The fourth-order valence-corrected chi connectivity index (χ4v) is 3.86. The van der Waals surface area contributed by atoms with Crippen LogP contribution in [0.4, 0.5) is 5.82 Å². The lowest BCUT2D eigenvalue weighted by Gasteiger charge is -2.43. The van der Waals surface area contributed by atoms with Gasteiger partial charge in [-0.2, -0.15) is 5.26 Å². The molecule has 1 N–H and O–H groups in total. The number of aromatic nitrogens is 1. The van der Waals surface area contributed by atoms with Crippen LogP contribution in [0.2, 0.25) is 0 Å². The third-order valence-electron chi connectivity index (χ3n) is 5.02. The van der Waals surface area contributed by atoms with E-state index in [1.54, 1.807) is 6.07 Å². The lowest BCUT2D eigenvalue weighted by Crippen LogP contribution is -2.53. The van der Waals surface area contributed by atoms with Crippen molar-refractivity contribution in [3.8, 4) is 6.07 Å². The summed E-state index contributed by atoms with van der Waals surface area (Å²) in [5.41, 5.74) is 0.795. The predicted molar refractivity (Wildman–Crippen MR) is 84.1 cm³/mol. The fourth-order valence-electron chi connectivity index (χ4n) is 3.86. The second-order valence-electron chi connectivity index (χ2n) is 6.35. The predicted octanol–water partition coefficient (Wildman–Crippen LogP) is 3.16. The van der Waals surface area contributed by atoms with E-state index in [0.29, 0.717) is 11.2 Å². The normalized spacial score (nSPS) is 21.9. The minimum absolute atomic E-state index is 0.310. The molecule has 2 heterocycles. The van der Waals surface area contributed by atoms with Crippen molar-refractivity contribution in [3.05, 3.63) is 23.9 Å². The molecule has 0 aromatic carbocycles. The largest absolute Gasteiger partial charge is 0.368 e. The van der Waals surface area contributed by atoms with E-state index >= 15 is 0 Å². The number of pyridine rings is 1. The molecule has 0 atom stereocenters. The topological polar surface area (TPSA) is 52.0 Å². The monoisotopic (exact) mass is 284 g/mol. The molecule has 0 bridgehead atoms. The van der Waals surface area contributed by atoms with Crippen LogP contribution in [0.5, 0.6) is 0 Å². The highest BCUT2D eigenvalue weighted by Gasteiger charge is 2.39. The Morgan fingerprint density at radius 1 is 1.14 bits per heavy atom. The molecule has 0 radical (unpaired) electrons. The van der Waals surface area contributed by atoms with Crippen molar-refractivity contribution in [2.45, 2.75) is 50.5 Å². The molecule has 1 aliphatic carbocycles. The first-order valence-electron chi connectivity index (χ1n) is 8.19. The van der Waals surface area contributed by atoms with Crippen LogP contribution in [-0.2, 0) is 0 Å². The van der Waals surface area contributed by atoms with Crippen molar-refractivity contribution in [2.24, 2.45) is 0 Å². The number of anilines is 1. The van der Waals surface area contributed by atoms with Crippen LogP contribution < -0.4 is 5.32 Å². The van der Waals surface area contributed by atoms with Gasteiger partial charge in [0, 0.05) is 12.1 Å². The van der Waals surface area contributed by atoms with Crippen LogP contribution in [0.15, 0.2) is 18.2 Å². The van der Waals surface area contributed by atoms with Gasteiger partial charge in [-0.25, -0.2) is 4.98 Å². The molecule has 1 saturated carbocycles. The van der Waals surface area contributed by atoms with Crippen molar-refractivity contribution in [1.29, 1.82) is 5.26 Å². The third kappa shape index (κ3) is 3.19. The fraction of sp³-hybridized carbons (Fsp3) is 0.647. The third-order valence-corrected chi connectivity index (χ3v) is 5.02. The number of hydrogen-bond acceptors (Lipinski definition) is 4. The number of nitriles is 1. The second kappa shape index (κ2) is 6.44. The molecule has 1 aromatic heterocycles. The van der Waals surface area contributed by atoms with Gasteiger partial charge in [0.25, 0.3) is 0 Å². The van der Waals surface area contributed by atoms with E-state index in [1.807, 2.05) is 12.1 Å². The Hall–Kier alpha value is -1.60. The van der Waals surface area contributed by atoms with Crippen molar-refractivity contribution in [1.82, 2.24) is 9.88 Å². The highest BCUT2D eigenvalue weighted by Crippen LogP contribution is 2.37. The van der Waals surface area contributed by atoms with Crippen LogP contribution in [0.3, 0.4) is 0 Å². The summed E-state index contributed by atoms with van der Waals surface area (Å²) in [5, 5.41) is 12.4. The van der Waals surface area contributed by atoms with Gasteiger partial charge in [-0.1, -0.05) is 25.3 Å². The molecule has 1 saturated heterocycles. The van der Waals surface area contributed by atoms with Gasteiger partial charge in [0.2, 0.25) is 0 Å². The zero-order valence-electron chi connectivity index (χ0n) is 12.6. The van der Waals surface area contributed by atoms with Crippen molar-refractivity contribution < 1.29 is 0 Å². The molecular formula is C17H24N4. The Balaban J connectivity index is 1.69. The first kappa shape index (κ1) is 14.3. The summed E-state index contributed by atoms with van der Waals surface area (Å²) >= 11 is 0. The molecule has 0 spiro atoms. The maximum atomic E-state index is 8.95. The number of rotatable bonds is 4. The van der Waals surface area contributed by atoms with Gasteiger partial charge in [-0.3, -0.25) is 4.90 Å². The zero-order valence-corrected chi connectivity index (χ0v) is 12.6. The van der Waals surface area contributed by atoms with E-state index in [1.165, 1.54) is 58.0 Å². The lowest BCUT2D eigenvalue weighted by molar-refractivity contribution is 0.0808. The number of likely N-dealkylation sites (tertiary alicyclic amines) is 1. The van der Waals surface area contributed by atoms with Crippen LogP contribution in [0.25, 0.3) is 0 Å². The molecule has 2 fully saturated rings.